The van der Waals surface area contributed by atoms with Gasteiger partial charge in [0.1, 0.15) is 0 Å². The fourth-order valence-corrected chi connectivity index (χ4v) is 0.950. The first kappa shape index (κ1) is 9.86. The summed E-state index contributed by atoms with van der Waals surface area (Å²) in [4.78, 5) is 20.6. The van der Waals surface area contributed by atoms with Crippen molar-refractivity contribution >= 4 is 11.6 Å². The topological polar surface area (TPSA) is 43.4 Å². The van der Waals surface area contributed by atoms with Gasteiger partial charge in [0.25, 0.3) is 0 Å². The molecule has 1 aliphatic carbocycles. The normalized spacial score (nSPS) is 20.0. The van der Waals surface area contributed by atoms with Crippen LogP contribution >= 0.6 is 0 Å². The first-order chi connectivity index (χ1) is 6.29. The molecule has 3 nitrogen and oxygen atoms in total. The molecule has 1 fully saturated rings. The lowest BCUT2D eigenvalue weighted by molar-refractivity contribution is -0.113. The van der Waals surface area contributed by atoms with Crippen molar-refractivity contribution in [1.82, 2.24) is 0 Å². The first-order valence-electron chi connectivity index (χ1n) is 4.31. The number of hydrogen-bond donors (Lipinski definition) is 0. The number of ether oxygens (including phenoxy) is 1. The van der Waals surface area contributed by atoms with E-state index in [0.717, 1.165) is 13.2 Å². The molecule has 13 heavy (non-hydrogen) atoms. The maximum absolute atomic E-state index is 10.3. The second-order valence-electron chi connectivity index (χ2n) is 2.79. The summed E-state index contributed by atoms with van der Waals surface area (Å²) in [5, 5.41) is 0. The summed E-state index contributed by atoms with van der Waals surface area (Å²) in [5.74, 6) is -0.241. The lowest BCUT2D eigenvalue weighted by Crippen LogP contribution is -1.97. The molecular weight excluding hydrogens is 168 g/mol. The maximum Gasteiger partial charge on any atom is 0.178 e. The van der Waals surface area contributed by atoms with Crippen molar-refractivity contribution in [1.29, 1.82) is 0 Å². The smallest absolute Gasteiger partial charge is 0.178 e. The van der Waals surface area contributed by atoms with Gasteiger partial charge in [0.2, 0.25) is 0 Å². The van der Waals surface area contributed by atoms with E-state index < -0.39 is 0 Å². The Labute approximate surface area is 77.1 Å². The fraction of sp³-hybridized carbons (Fsp3) is 0.400. The van der Waals surface area contributed by atoms with Gasteiger partial charge < -0.3 is 4.74 Å². The van der Waals surface area contributed by atoms with Crippen LogP contribution in [0.15, 0.2) is 24.3 Å². The molecule has 3 heteroatoms. The Bertz CT molecular complexity index is 201. The zero-order chi connectivity index (χ0) is 9.52. The predicted octanol–water partition coefficient (Wildman–Crippen LogP) is 1.05. The number of allylic oxidation sites excluding steroid dienone is 4. The molecule has 0 radical (unpaired) electrons. The van der Waals surface area contributed by atoms with E-state index in [4.69, 9.17) is 4.74 Å². The van der Waals surface area contributed by atoms with Gasteiger partial charge in [-0.15, -0.1) is 0 Å². The Morgan fingerprint density at radius 3 is 1.46 bits per heavy atom. The first-order valence-corrected chi connectivity index (χ1v) is 4.31. The third kappa shape index (κ3) is 4.38. The van der Waals surface area contributed by atoms with Gasteiger partial charge in [-0.05, 0) is 37.1 Å². The monoisotopic (exact) mass is 180 g/mol. The molecule has 0 saturated carbocycles. The van der Waals surface area contributed by atoms with Crippen molar-refractivity contribution in [3.63, 3.8) is 0 Å². The van der Waals surface area contributed by atoms with Crippen LogP contribution in [-0.4, -0.2) is 24.8 Å². The third-order valence-corrected chi connectivity index (χ3v) is 1.65. The number of ketones is 2. The molecule has 0 aromatic rings. The van der Waals surface area contributed by atoms with E-state index in [1.165, 1.54) is 37.1 Å². The molecule has 0 aromatic carbocycles. The van der Waals surface area contributed by atoms with Gasteiger partial charge in [0.05, 0.1) is 0 Å². The maximum atomic E-state index is 10.3. The SMILES string of the molecule is C1CCOC1.O=C1C=CC(=O)C=C1. The van der Waals surface area contributed by atoms with Gasteiger partial charge in [-0.1, -0.05) is 0 Å². The number of hydrogen-bond acceptors (Lipinski definition) is 3. The summed E-state index contributed by atoms with van der Waals surface area (Å²) in [6.07, 6.45) is 7.56. The summed E-state index contributed by atoms with van der Waals surface area (Å²) in [5.41, 5.74) is 0. The molecule has 1 heterocycles. The van der Waals surface area contributed by atoms with Gasteiger partial charge in [-0.3, -0.25) is 9.59 Å². The van der Waals surface area contributed by atoms with Crippen LogP contribution in [0, 0.1) is 0 Å². The second-order valence-corrected chi connectivity index (χ2v) is 2.79. The predicted molar refractivity (Wildman–Crippen MR) is 48.3 cm³/mol. The van der Waals surface area contributed by atoms with E-state index >= 15 is 0 Å². The van der Waals surface area contributed by atoms with E-state index in [1.54, 1.807) is 0 Å². The van der Waals surface area contributed by atoms with Gasteiger partial charge in [0, 0.05) is 13.2 Å². The molecule has 0 N–H and O–H groups in total. The molecule has 0 atom stereocenters. The Balaban J connectivity index is 0.000000145. The van der Waals surface area contributed by atoms with Crippen molar-refractivity contribution in [2.75, 3.05) is 13.2 Å². The Hall–Kier alpha value is -1.22. The average molecular weight is 180 g/mol. The van der Waals surface area contributed by atoms with Crippen LogP contribution in [0.1, 0.15) is 12.8 Å². The fourth-order valence-electron chi connectivity index (χ4n) is 0.950. The zero-order valence-electron chi connectivity index (χ0n) is 7.36. The van der Waals surface area contributed by atoms with Crippen molar-refractivity contribution < 1.29 is 14.3 Å². The highest BCUT2D eigenvalue weighted by atomic mass is 16.5. The van der Waals surface area contributed by atoms with Crippen LogP contribution in [0.25, 0.3) is 0 Å². The standard InChI is InChI=1S/C6H4O2.C4H8O/c7-5-1-2-6(8)4-3-5;1-2-4-5-3-1/h1-4H;1-4H2. The summed E-state index contributed by atoms with van der Waals surface area (Å²) < 4.78 is 4.94. The van der Waals surface area contributed by atoms with Gasteiger partial charge in [-0.25, -0.2) is 0 Å². The van der Waals surface area contributed by atoms with E-state index in [2.05, 4.69) is 0 Å². The van der Waals surface area contributed by atoms with E-state index in [0.29, 0.717) is 0 Å². The summed E-state index contributed by atoms with van der Waals surface area (Å²) in [7, 11) is 0. The molecule has 0 bridgehead atoms. The van der Waals surface area contributed by atoms with Crippen LogP contribution in [0.5, 0.6) is 0 Å². The summed E-state index contributed by atoms with van der Waals surface area (Å²) in [6.45, 7) is 2.00. The largest absolute Gasteiger partial charge is 0.381 e. The molecule has 0 unspecified atom stereocenters. The lowest BCUT2D eigenvalue weighted by Gasteiger charge is -1.87. The number of carbonyl (C=O) groups excluding carboxylic acids is 2. The van der Waals surface area contributed by atoms with Crippen LogP contribution in [0.2, 0.25) is 0 Å². The van der Waals surface area contributed by atoms with E-state index in [9.17, 15) is 9.59 Å². The van der Waals surface area contributed by atoms with Crippen LogP contribution in [-0.2, 0) is 14.3 Å². The highest BCUT2D eigenvalue weighted by Gasteiger charge is 1.98. The van der Waals surface area contributed by atoms with E-state index in [-0.39, 0.29) is 11.6 Å². The van der Waals surface area contributed by atoms with Gasteiger partial charge in [0.15, 0.2) is 11.6 Å². The Morgan fingerprint density at radius 2 is 1.23 bits per heavy atom. The minimum absolute atomic E-state index is 0.121. The highest BCUT2D eigenvalue weighted by molar-refractivity contribution is 6.14. The summed E-state index contributed by atoms with van der Waals surface area (Å²) in [6, 6.07) is 0. The Morgan fingerprint density at radius 1 is 0.846 bits per heavy atom. The molecular formula is C10H12O3. The lowest BCUT2D eigenvalue weighted by atomic mass is 10.2. The van der Waals surface area contributed by atoms with Crippen molar-refractivity contribution in [3.8, 4) is 0 Å². The molecule has 2 rings (SSSR count). The van der Waals surface area contributed by atoms with Crippen LogP contribution in [0.3, 0.4) is 0 Å². The quantitative estimate of drug-likeness (QED) is 0.523. The van der Waals surface area contributed by atoms with Crippen LogP contribution in [0.4, 0.5) is 0 Å². The average Bonchev–Trinajstić information content (AvgIpc) is 2.68. The molecule has 0 amide bonds. The number of rotatable bonds is 0. The molecule has 0 aromatic heterocycles. The van der Waals surface area contributed by atoms with Crippen LogP contribution < -0.4 is 0 Å². The van der Waals surface area contributed by atoms with Crippen molar-refractivity contribution in [2.45, 2.75) is 12.8 Å². The molecule has 70 valence electrons. The highest BCUT2D eigenvalue weighted by Crippen LogP contribution is 1.98. The van der Waals surface area contributed by atoms with Gasteiger partial charge in [-0.2, -0.15) is 0 Å². The zero-order valence-corrected chi connectivity index (χ0v) is 7.36. The van der Waals surface area contributed by atoms with Crippen molar-refractivity contribution in [3.05, 3.63) is 24.3 Å². The Kier molecular flexibility index (Phi) is 4.12. The molecule has 1 aliphatic heterocycles. The summed E-state index contributed by atoms with van der Waals surface area (Å²) >= 11 is 0. The molecule has 1 saturated heterocycles. The molecule has 0 spiro atoms. The van der Waals surface area contributed by atoms with Crippen molar-refractivity contribution in [2.24, 2.45) is 0 Å². The van der Waals surface area contributed by atoms with Gasteiger partial charge >= 0.3 is 0 Å². The second kappa shape index (κ2) is 5.43. The number of carbonyl (C=O) groups is 2. The third-order valence-electron chi connectivity index (χ3n) is 1.65. The van der Waals surface area contributed by atoms with E-state index in [1.807, 2.05) is 0 Å². The molecule has 2 aliphatic rings. The minimum Gasteiger partial charge on any atom is -0.381 e. The minimum atomic E-state index is -0.121.